The van der Waals surface area contributed by atoms with Crippen LogP contribution < -0.4 is 5.73 Å². The van der Waals surface area contributed by atoms with Gasteiger partial charge in [0.15, 0.2) is 0 Å². The van der Waals surface area contributed by atoms with Crippen molar-refractivity contribution in [3.8, 4) is 0 Å². The highest BCUT2D eigenvalue weighted by atomic mass is 19.3. The first kappa shape index (κ1) is 11.0. The van der Waals surface area contributed by atoms with E-state index in [2.05, 4.69) is 0 Å². The fourth-order valence-corrected chi connectivity index (χ4v) is 1.04. The van der Waals surface area contributed by atoms with E-state index in [9.17, 15) is 17.6 Å². The molecular formula is C9H9F4N. The molecule has 1 unspecified atom stereocenters. The quantitative estimate of drug-likeness (QED) is 0.754. The van der Waals surface area contributed by atoms with Crippen molar-refractivity contribution < 1.29 is 17.6 Å². The fourth-order valence-electron chi connectivity index (χ4n) is 1.04. The Kier molecular flexibility index (Phi) is 3.46. The third-order valence-corrected chi connectivity index (χ3v) is 1.79. The lowest BCUT2D eigenvalue weighted by molar-refractivity contribution is 0.115. The molecule has 0 spiro atoms. The number of hydrogen-bond donors (Lipinski definition) is 1. The van der Waals surface area contributed by atoms with Crippen molar-refractivity contribution in [2.75, 3.05) is 0 Å². The molecule has 1 aromatic carbocycles. The predicted octanol–water partition coefficient (Wildman–Crippen LogP) is 2.10. The summed E-state index contributed by atoms with van der Waals surface area (Å²) in [6.45, 7) is 0. The summed E-state index contributed by atoms with van der Waals surface area (Å²) < 4.78 is 49.5. The Morgan fingerprint density at radius 2 is 1.86 bits per heavy atom. The van der Waals surface area contributed by atoms with Gasteiger partial charge in [-0.3, -0.25) is 0 Å². The number of benzene rings is 1. The monoisotopic (exact) mass is 207 g/mol. The van der Waals surface area contributed by atoms with E-state index in [1.807, 2.05) is 0 Å². The van der Waals surface area contributed by atoms with Crippen LogP contribution in [0, 0.1) is 11.6 Å². The first-order valence-electron chi connectivity index (χ1n) is 3.98. The molecule has 0 bridgehead atoms. The summed E-state index contributed by atoms with van der Waals surface area (Å²) in [6.07, 6.45) is -3.11. The second kappa shape index (κ2) is 4.41. The van der Waals surface area contributed by atoms with Gasteiger partial charge >= 0.3 is 0 Å². The van der Waals surface area contributed by atoms with Crippen LogP contribution in [0.25, 0.3) is 0 Å². The minimum atomic E-state index is -2.74. The molecule has 0 saturated carbocycles. The van der Waals surface area contributed by atoms with Gasteiger partial charge < -0.3 is 5.73 Å². The van der Waals surface area contributed by atoms with Gasteiger partial charge in [0.2, 0.25) is 0 Å². The molecule has 1 nitrogen and oxygen atoms in total. The first-order valence-corrected chi connectivity index (χ1v) is 3.98. The summed E-state index contributed by atoms with van der Waals surface area (Å²) in [5, 5.41) is 0. The fraction of sp³-hybridized carbons (Fsp3) is 0.333. The molecule has 1 aromatic rings. The molecule has 0 aromatic heterocycles. The molecule has 1 atom stereocenters. The van der Waals surface area contributed by atoms with Crippen LogP contribution in [-0.4, -0.2) is 12.5 Å². The predicted molar refractivity (Wildman–Crippen MR) is 44.0 cm³/mol. The average Bonchev–Trinajstić information content (AvgIpc) is 2.11. The maximum absolute atomic E-state index is 12.9. The Bertz CT molecular complexity index is 314. The van der Waals surface area contributed by atoms with E-state index in [0.29, 0.717) is 0 Å². The standard InChI is InChI=1S/C9H9F4N/c10-6-1-2-7(11)5(3-6)4-8(14)9(12)13/h1-3,8-9H,4,14H2. The van der Waals surface area contributed by atoms with Crippen molar-refractivity contribution in [2.24, 2.45) is 5.73 Å². The van der Waals surface area contributed by atoms with Gasteiger partial charge in [-0.1, -0.05) is 0 Å². The summed E-state index contributed by atoms with van der Waals surface area (Å²) in [4.78, 5) is 0. The smallest absolute Gasteiger partial charge is 0.253 e. The van der Waals surface area contributed by atoms with E-state index in [-0.39, 0.29) is 12.0 Å². The maximum Gasteiger partial charge on any atom is 0.253 e. The number of alkyl halides is 2. The van der Waals surface area contributed by atoms with Crippen molar-refractivity contribution in [2.45, 2.75) is 18.9 Å². The average molecular weight is 207 g/mol. The van der Waals surface area contributed by atoms with Crippen molar-refractivity contribution in [3.63, 3.8) is 0 Å². The van der Waals surface area contributed by atoms with Crippen molar-refractivity contribution in [1.29, 1.82) is 0 Å². The van der Waals surface area contributed by atoms with Crippen molar-refractivity contribution >= 4 is 0 Å². The zero-order chi connectivity index (χ0) is 10.7. The Hall–Kier alpha value is -1.10. The molecule has 0 fully saturated rings. The number of hydrogen-bond acceptors (Lipinski definition) is 1. The van der Waals surface area contributed by atoms with Gasteiger partial charge in [0.05, 0.1) is 6.04 Å². The van der Waals surface area contributed by atoms with Crippen LogP contribution in [0.5, 0.6) is 0 Å². The van der Waals surface area contributed by atoms with E-state index in [1.165, 1.54) is 0 Å². The topological polar surface area (TPSA) is 26.0 Å². The molecule has 78 valence electrons. The van der Waals surface area contributed by atoms with Crippen LogP contribution in [0.3, 0.4) is 0 Å². The summed E-state index contributed by atoms with van der Waals surface area (Å²) in [7, 11) is 0. The summed E-state index contributed by atoms with van der Waals surface area (Å²) in [6, 6.07) is 1.22. The second-order valence-electron chi connectivity index (χ2n) is 2.94. The Morgan fingerprint density at radius 3 is 2.43 bits per heavy atom. The van der Waals surface area contributed by atoms with E-state index in [4.69, 9.17) is 5.73 Å². The molecule has 0 amide bonds. The molecular weight excluding hydrogens is 198 g/mol. The van der Waals surface area contributed by atoms with Gasteiger partial charge in [0.1, 0.15) is 11.6 Å². The lowest BCUT2D eigenvalue weighted by Gasteiger charge is -2.10. The van der Waals surface area contributed by atoms with E-state index >= 15 is 0 Å². The Morgan fingerprint density at radius 1 is 1.21 bits per heavy atom. The van der Waals surface area contributed by atoms with Gasteiger partial charge in [-0.2, -0.15) is 0 Å². The number of halogens is 4. The maximum atomic E-state index is 12.9. The van der Waals surface area contributed by atoms with E-state index in [0.717, 1.165) is 18.2 Å². The Balaban J connectivity index is 2.80. The third kappa shape index (κ3) is 2.70. The highest BCUT2D eigenvalue weighted by Gasteiger charge is 2.17. The van der Waals surface area contributed by atoms with Crippen LogP contribution in [0.4, 0.5) is 17.6 Å². The zero-order valence-corrected chi connectivity index (χ0v) is 7.18. The van der Waals surface area contributed by atoms with Crippen molar-refractivity contribution in [3.05, 3.63) is 35.4 Å². The minimum Gasteiger partial charge on any atom is -0.323 e. The molecule has 0 saturated heterocycles. The third-order valence-electron chi connectivity index (χ3n) is 1.79. The van der Waals surface area contributed by atoms with Gasteiger partial charge in [0, 0.05) is 0 Å². The van der Waals surface area contributed by atoms with E-state index < -0.39 is 24.1 Å². The number of nitrogens with two attached hydrogens (primary N) is 1. The number of rotatable bonds is 3. The summed E-state index contributed by atoms with van der Waals surface area (Å²) >= 11 is 0. The van der Waals surface area contributed by atoms with Crippen LogP contribution in [-0.2, 0) is 6.42 Å². The zero-order valence-electron chi connectivity index (χ0n) is 7.18. The van der Waals surface area contributed by atoms with E-state index in [1.54, 1.807) is 0 Å². The van der Waals surface area contributed by atoms with Crippen LogP contribution in [0.15, 0.2) is 18.2 Å². The molecule has 0 aliphatic carbocycles. The van der Waals surface area contributed by atoms with Crippen LogP contribution >= 0.6 is 0 Å². The highest BCUT2D eigenvalue weighted by molar-refractivity contribution is 5.19. The summed E-state index contributed by atoms with van der Waals surface area (Å²) in [5.74, 6) is -1.38. The lowest BCUT2D eigenvalue weighted by Crippen LogP contribution is -2.31. The molecule has 0 radical (unpaired) electrons. The molecule has 5 heteroatoms. The lowest BCUT2D eigenvalue weighted by atomic mass is 10.1. The SMILES string of the molecule is NC(Cc1cc(F)ccc1F)C(F)F. The largest absolute Gasteiger partial charge is 0.323 e. The van der Waals surface area contributed by atoms with Gasteiger partial charge in [-0.15, -0.1) is 0 Å². The normalized spacial score (nSPS) is 13.3. The van der Waals surface area contributed by atoms with Gasteiger partial charge in [-0.25, -0.2) is 17.6 Å². The van der Waals surface area contributed by atoms with Gasteiger partial charge in [0.25, 0.3) is 6.43 Å². The van der Waals surface area contributed by atoms with Gasteiger partial charge in [-0.05, 0) is 30.2 Å². The molecule has 14 heavy (non-hydrogen) atoms. The molecule has 0 aliphatic heterocycles. The first-order chi connectivity index (χ1) is 6.50. The minimum absolute atomic E-state index is 0.127. The van der Waals surface area contributed by atoms with Crippen LogP contribution in [0.1, 0.15) is 5.56 Å². The summed E-state index contributed by atoms with van der Waals surface area (Å²) in [5.41, 5.74) is 4.90. The van der Waals surface area contributed by atoms with Crippen molar-refractivity contribution in [1.82, 2.24) is 0 Å². The molecule has 1 rings (SSSR count). The van der Waals surface area contributed by atoms with Crippen LogP contribution in [0.2, 0.25) is 0 Å². The highest BCUT2D eigenvalue weighted by Crippen LogP contribution is 2.13. The molecule has 0 heterocycles. The Labute approximate surface area is 78.5 Å². The molecule has 2 N–H and O–H groups in total. The molecule has 0 aliphatic rings. The second-order valence-corrected chi connectivity index (χ2v) is 2.94.